The van der Waals surface area contributed by atoms with Gasteiger partial charge in [-0.1, -0.05) is 6.58 Å². The minimum absolute atomic E-state index is 0.105. The highest BCUT2D eigenvalue weighted by molar-refractivity contribution is 5.89. The van der Waals surface area contributed by atoms with Gasteiger partial charge in [-0.15, -0.1) is 0 Å². The van der Waals surface area contributed by atoms with Gasteiger partial charge in [0.25, 0.3) is 0 Å². The third-order valence-corrected chi connectivity index (χ3v) is 2.02. The summed E-state index contributed by atoms with van der Waals surface area (Å²) >= 11 is 0. The van der Waals surface area contributed by atoms with E-state index in [2.05, 4.69) is 6.58 Å². The van der Waals surface area contributed by atoms with Crippen LogP contribution in [0, 0.1) is 0 Å². The molecule has 0 aromatic carbocycles. The zero-order chi connectivity index (χ0) is 13.3. The number of esters is 2. The SMILES string of the molecule is C=C(C(=O)OCC)C(CCCC=O)OC(C)=O. The van der Waals surface area contributed by atoms with Crippen LogP contribution in [-0.2, 0) is 23.9 Å². The molecule has 0 aromatic rings. The van der Waals surface area contributed by atoms with Crippen LogP contribution in [-0.4, -0.2) is 30.9 Å². The van der Waals surface area contributed by atoms with Crippen molar-refractivity contribution >= 4 is 18.2 Å². The molecule has 0 heterocycles. The molecule has 96 valence electrons. The Morgan fingerprint density at radius 2 is 2.06 bits per heavy atom. The molecule has 0 aliphatic rings. The van der Waals surface area contributed by atoms with Gasteiger partial charge in [0, 0.05) is 13.3 Å². The van der Waals surface area contributed by atoms with Crippen molar-refractivity contribution in [3.63, 3.8) is 0 Å². The molecule has 5 nitrogen and oxygen atoms in total. The maximum absolute atomic E-state index is 11.4. The lowest BCUT2D eigenvalue weighted by Crippen LogP contribution is -2.24. The second-order valence-electron chi connectivity index (χ2n) is 3.44. The quantitative estimate of drug-likeness (QED) is 0.278. The second kappa shape index (κ2) is 8.50. The van der Waals surface area contributed by atoms with Crippen molar-refractivity contribution in [1.82, 2.24) is 0 Å². The van der Waals surface area contributed by atoms with Gasteiger partial charge in [0.05, 0.1) is 12.2 Å². The Labute approximate surface area is 101 Å². The van der Waals surface area contributed by atoms with Gasteiger partial charge in [-0.25, -0.2) is 4.79 Å². The molecule has 0 N–H and O–H groups in total. The van der Waals surface area contributed by atoms with Crippen molar-refractivity contribution in [3.8, 4) is 0 Å². The fraction of sp³-hybridized carbons (Fsp3) is 0.583. The molecule has 5 heteroatoms. The van der Waals surface area contributed by atoms with Crippen molar-refractivity contribution in [2.24, 2.45) is 0 Å². The summed E-state index contributed by atoms with van der Waals surface area (Å²) in [5.74, 6) is -1.07. The molecule has 0 spiro atoms. The average Bonchev–Trinajstić information content (AvgIpc) is 2.27. The van der Waals surface area contributed by atoms with Crippen LogP contribution < -0.4 is 0 Å². The van der Waals surface area contributed by atoms with E-state index < -0.39 is 18.0 Å². The predicted octanol–water partition coefficient (Wildman–Crippen LogP) is 1.41. The lowest BCUT2D eigenvalue weighted by Gasteiger charge is -2.17. The van der Waals surface area contributed by atoms with E-state index in [4.69, 9.17) is 9.47 Å². The van der Waals surface area contributed by atoms with Gasteiger partial charge < -0.3 is 14.3 Å². The molecular weight excluding hydrogens is 224 g/mol. The van der Waals surface area contributed by atoms with Gasteiger partial charge in [-0.2, -0.15) is 0 Å². The Kier molecular flexibility index (Phi) is 7.67. The zero-order valence-corrected chi connectivity index (χ0v) is 10.2. The van der Waals surface area contributed by atoms with Crippen LogP contribution in [0.15, 0.2) is 12.2 Å². The number of hydrogen-bond acceptors (Lipinski definition) is 5. The summed E-state index contributed by atoms with van der Waals surface area (Å²) in [6, 6.07) is 0. The molecule has 0 aromatic heterocycles. The van der Waals surface area contributed by atoms with Gasteiger partial charge in [0.1, 0.15) is 12.4 Å². The summed E-state index contributed by atoms with van der Waals surface area (Å²) in [6.45, 7) is 6.73. The number of rotatable bonds is 8. The number of unbranched alkanes of at least 4 members (excludes halogenated alkanes) is 1. The van der Waals surface area contributed by atoms with E-state index in [1.807, 2.05) is 0 Å². The Morgan fingerprint density at radius 3 is 2.53 bits per heavy atom. The van der Waals surface area contributed by atoms with Crippen molar-refractivity contribution in [2.45, 2.75) is 39.2 Å². The normalized spacial score (nSPS) is 11.4. The summed E-state index contributed by atoms with van der Waals surface area (Å²) < 4.78 is 9.74. The van der Waals surface area contributed by atoms with Crippen molar-refractivity contribution in [2.75, 3.05) is 6.61 Å². The van der Waals surface area contributed by atoms with E-state index in [0.29, 0.717) is 19.3 Å². The van der Waals surface area contributed by atoms with Gasteiger partial charge in [-0.05, 0) is 19.8 Å². The standard InChI is InChI=1S/C12H18O5/c1-4-16-12(15)9(2)11(17-10(3)14)7-5-6-8-13/h8,11H,2,4-7H2,1,3H3. The summed E-state index contributed by atoms with van der Waals surface area (Å²) in [6.07, 6.45) is 1.33. The van der Waals surface area contributed by atoms with Gasteiger partial charge >= 0.3 is 11.9 Å². The Hall–Kier alpha value is -1.65. The molecule has 0 fully saturated rings. The second-order valence-corrected chi connectivity index (χ2v) is 3.44. The molecule has 0 saturated carbocycles. The molecular formula is C12H18O5. The first kappa shape index (κ1) is 15.3. The van der Waals surface area contributed by atoms with E-state index in [-0.39, 0.29) is 12.2 Å². The van der Waals surface area contributed by atoms with Gasteiger partial charge in [-0.3, -0.25) is 4.79 Å². The third kappa shape index (κ3) is 6.50. The lowest BCUT2D eigenvalue weighted by atomic mass is 10.1. The van der Waals surface area contributed by atoms with Gasteiger partial charge in [0.2, 0.25) is 0 Å². The largest absolute Gasteiger partial charge is 0.463 e. The van der Waals surface area contributed by atoms with Crippen LogP contribution >= 0.6 is 0 Å². The van der Waals surface area contributed by atoms with Crippen LogP contribution in [0.2, 0.25) is 0 Å². The Bertz CT molecular complexity index is 295. The predicted molar refractivity (Wildman–Crippen MR) is 61.2 cm³/mol. The van der Waals surface area contributed by atoms with E-state index in [1.54, 1.807) is 6.92 Å². The minimum atomic E-state index is -0.716. The summed E-state index contributed by atoms with van der Waals surface area (Å²) in [4.78, 5) is 32.5. The van der Waals surface area contributed by atoms with Crippen molar-refractivity contribution in [1.29, 1.82) is 0 Å². The first-order valence-corrected chi connectivity index (χ1v) is 5.49. The highest BCUT2D eigenvalue weighted by Crippen LogP contribution is 2.14. The highest BCUT2D eigenvalue weighted by atomic mass is 16.6. The number of hydrogen-bond donors (Lipinski definition) is 0. The molecule has 0 rings (SSSR count). The highest BCUT2D eigenvalue weighted by Gasteiger charge is 2.22. The molecule has 0 radical (unpaired) electrons. The fourth-order valence-corrected chi connectivity index (χ4v) is 1.25. The molecule has 0 aliphatic carbocycles. The third-order valence-electron chi connectivity index (χ3n) is 2.02. The summed E-state index contributed by atoms with van der Waals surface area (Å²) in [5.41, 5.74) is 0.105. The number of carbonyl (C=O) groups is 3. The average molecular weight is 242 g/mol. The smallest absolute Gasteiger partial charge is 0.337 e. The molecule has 0 amide bonds. The van der Waals surface area contributed by atoms with Gasteiger partial charge in [0.15, 0.2) is 0 Å². The van der Waals surface area contributed by atoms with Crippen LogP contribution in [0.1, 0.15) is 33.1 Å². The van der Waals surface area contributed by atoms with Crippen molar-refractivity contribution in [3.05, 3.63) is 12.2 Å². The summed E-state index contributed by atoms with van der Waals surface area (Å²) in [5, 5.41) is 0. The van der Waals surface area contributed by atoms with E-state index in [0.717, 1.165) is 6.29 Å². The molecule has 1 atom stereocenters. The van der Waals surface area contributed by atoms with E-state index in [9.17, 15) is 14.4 Å². The van der Waals surface area contributed by atoms with Crippen LogP contribution in [0.5, 0.6) is 0 Å². The lowest BCUT2D eigenvalue weighted by molar-refractivity contribution is -0.147. The number of carbonyl (C=O) groups excluding carboxylic acids is 3. The van der Waals surface area contributed by atoms with E-state index >= 15 is 0 Å². The first-order valence-electron chi connectivity index (χ1n) is 5.49. The Balaban J connectivity index is 4.43. The molecule has 0 bridgehead atoms. The van der Waals surface area contributed by atoms with Crippen LogP contribution in [0.25, 0.3) is 0 Å². The van der Waals surface area contributed by atoms with Crippen LogP contribution in [0.3, 0.4) is 0 Å². The van der Waals surface area contributed by atoms with Crippen LogP contribution in [0.4, 0.5) is 0 Å². The molecule has 0 aliphatic heterocycles. The topological polar surface area (TPSA) is 69.7 Å². The Morgan fingerprint density at radius 1 is 1.41 bits per heavy atom. The monoisotopic (exact) mass is 242 g/mol. The van der Waals surface area contributed by atoms with Crippen molar-refractivity contribution < 1.29 is 23.9 Å². The molecule has 1 unspecified atom stereocenters. The maximum atomic E-state index is 11.4. The maximum Gasteiger partial charge on any atom is 0.337 e. The number of aldehydes is 1. The fourth-order valence-electron chi connectivity index (χ4n) is 1.25. The first-order chi connectivity index (χ1) is 8.02. The van der Waals surface area contributed by atoms with E-state index in [1.165, 1.54) is 6.92 Å². The number of ether oxygens (including phenoxy) is 2. The molecule has 17 heavy (non-hydrogen) atoms. The molecule has 0 saturated heterocycles. The minimum Gasteiger partial charge on any atom is -0.463 e. The summed E-state index contributed by atoms with van der Waals surface area (Å²) in [7, 11) is 0. The zero-order valence-electron chi connectivity index (χ0n) is 10.2.